The van der Waals surface area contributed by atoms with Crippen LogP contribution in [0.15, 0.2) is 237 Å². The van der Waals surface area contributed by atoms with Gasteiger partial charge in [0, 0.05) is 16.7 Å². The Morgan fingerprint density at radius 3 is 0.953 bits per heavy atom. The van der Waals surface area contributed by atoms with E-state index in [9.17, 15) is 0 Å². The number of rotatable bonds is 7. The topological polar surface area (TPSA) is 38.7 Å². The van der Waals surface area contributed by atoms with Crippen molar-refractivity contribution in [2.24, 2.45) is 0 Å². The highest BCUT2D eigenvalue weighted by atomic mass is 15.0. The van der Waals surface area contributed by atoms with Gasteiger partial charge >= 0.3 is 0 Å². The highest BCUT2D eigenvalue weighted by molar-refractivity contribution is 6.33. The van der Waals surface area contributed by atoms with E-state index in [1.807, 2.05) is 12.1 Å². The molecule has 0 spiro atoms. The van der Waals surface area contributed by atoms with Gasteiger partial charge in [0.25, 0.3) is 0 Å². The fourth-order valence-electron chi connectivity index (χ4n) is 9.41. The van der Waals surface area contributed by atoms with Crippen LogP contribution >= 0.6 is 0 Å². The lowest BCUT2D eigenvalue weighted by molar-refractivity contribution is 1.07. The number of aromatic nitrogens is 3. The molecule has 0 aliphatic heterocycles. The predicted molar refractivity (Wildman–Crippen MR) is 268 cm³/mol. The summed E-state index contributed by atoms with van der Waals surface area (Å²) in [5.74, 6) is 1.87. The Labute approximate surface area is 371 Å². The van der Waals surface area contributed by atoms with Gasteiger partial charge in [0.1, 0.15) is 0 Å². The minimum atomic E-state index is 0.618. The van der Waals surface area contributed by atoms with Crippen molar-refractivity contribution < 1.29 is 0 Å². The van der Waals surface area contributed by atoms with Crippen LogP contribution in [0.25, 0.3) is 122 Å². The predicted octanol–water partition coefficient (Wildman–Crippen LogP) is 16.2. The zero-order valence-electron chi connectivity index (χ0n) is 34.9. The molecule has 0 bridgehead atoms. The third kappa shape index (κ3) is 6.68. The molecule has 0 saturated heterocycles. The van der Waals surface area contributed by atoms with Crippen molar-refractivity contribution in [1.82, 2.24) is 15.0 Å². The second-order valence-electron chi connectivity index (χ2n) is 16.3. The van der Waals surface area contributed by atoms with Crippen molar-refractivity contribution in [1.29, 1.82) is 0 Å². The Morgan fingerprint density at radius 2 is 0.484 bits per heavy atom. The third-order valence-electron chi connectivity index (χ3n) is 12.5. The van der Waals surface area contributed by atoms with Crippen LogP contribution in [0.3, 0.4) is 0 Å². The van der Waals surface area contributed by atoms with Crippen molar-refractivity contribution in [2.75, 3.05) is 0 Å². The molecule has 0 aliphatic carbocycles. The van der Waals surface area contributed by atoms with Gasteiger partial charge in [-0.1, -0.05) is 206 Å². The van der Waals surface area contributed by atoms with Gasteiger partial charge in [0.2, 0.25) is 0 Å². The summed E-state index contributed by atoms with van der Waals surface area (Å²) in [5, 5.41) is 10.2. The lowest BCUT2D eigenvalue weighted by Crippen LogP contribution is -2.00. The lowest BCUT2D eigenvalue weighted by Gasteiger charge is -2.16. The molecule has 1 aromatic heterocycles. The molecule has 0 amide bonds. The van der Waals surface area contributed by atoms with E-state index in [4.69, 9.17) is 15.0 Å². The number of nitrogens with zero attached hydrogens (tertiary/aromatic N) is 3. The van der Waals surface area contributed by atoms with Crippen molar-refractivity contribution >= 4 is 43.1 Å². The van der Waals surface area contributed by atoms with Crippen molar-refractivity contribution in [2.45, 2.75) is 0 Å². The smallest absolute Gasteiger partial charge is 0.164 e. The molecule has 0 aliphatic rings. The Balaban J connectivity index is 0.993. The molecule has 11 aromatic carbocycles. The molecule has 0 N–H and O–H groups in total. The van der Waals surface area contributed by atoms with Crippen LogP contribution < -0.4 is 0 Å². The van der Waals surface area contributed by atoms with Crippen LogP contribution in [0, 0.1) is 0 Å². The number of hydrogen-bond acceptors (Lipinski definition) is 3. The summed E-state index contributed by atoms with van der Waals surface area (Å²) in [4.78, 5) is 15.6. The number of hydrogen-bond donors (Lipinski definition) is 0. The number of fused-ring (bicyclic) bond motifs is 8. The standard InChI is InChI=1S/C61H39N3/c1-3-17-40(18-4-1)42-21-14-26-47(36-42)59-62-60(48-27-15-22-43(37-48)41-19-5-2-6-20-41)64-61(63-59)49-28-16-24-45(38-49)44-23-13-25-46(35-44)56-39-57-52-31-8-7-29-50(52)51-30-9-11-33-54(51)58(57)55-34-12-10-32-53(55)56/h1-39H. The Hall–Kier alpha value is -8.53. The molecule has 12 aromatic rings. The first-order valence-electron chi connectivity index (χ1n) is 21.8. The van der Waals surface area contributed by atoms with E-state index >= 15 is 0 Å². The minimum Gasteiger partial charge on any atom is -0.208 e. The zero-order valence-corrected chi connectivity index (χ0v) is 34.9. The second-order valence-corrected chi connectivity index (χ2v) is 16.3. The van der Waals surface area contributed by atoms with E-state index < -0.39 is 0 Å². The van der Waals surface area contributed by atoms with Gasteiger partial charge in [-0.25, -0.2) is 15.0 Å². The van der Waals surface area contributed by atoms with E-state index in [1.165, 1.54) is 54.2 Å². The van der Waals surface area contributed by atoms with E-state index in [0.29, 0.717) is 17.5 Å². The molecule has 0 atom stereocenters. The largest absolute Gasteiger partial charge is 0.208 e. The molecule has 1 heterocycles. The molecule has 298 valence electrons. The summed E-state index contributed by atoms with van der Waals surface area (Å²) in [7, 11) is 0. The summed E-state index contributed by atoms with van der Waals surface area (Å²) < 4.78 is 0. The van der Waals surface area contributed by atoms with E-state index in [0.717, 1.165) is 50.1 Å². The number of benzene rings is 11. The highest BCUT2D eigenvalue weighted by Crippen LogP contribution is 2.43. The molecule has 3 heteroatoms. The van der Waals surface area contributed by atoms with Gasteiger partial charge in [0.15, 0.2) is 17.5 Å². The maximum Gasteiger partial charge on any atom is 0.164 e. The lowest BCUT2D eigenvalue weighted by atomic mass is 9.87. The average molecular weight is 814 g/mol. The van der Waals surface area contributed by atoms with Crippen LogP contribution in [-0.2, 0) is 0 Å². The van der Waals surface area contributed by atoms with Gasteiger partial charge in [-0.15, -0.1) is 0 Å². The molecule has 0 radical (unpaired) electrons. The molecule has 0 unspecified atom stereocenters. The average Bonchev–Trinajstić information content (AvgIpc) is 3.39. The van der Waals surface area contributed by atoms with Crippen molar-refractivity contribution in [3.05, 3.63) is 237 Å². The van der Waals surface area contributed by atoms with Crippen LogP contribution in [0.2, 0.25) is 0 Å². The quantitative estimate of drug-likeness (QED) is 0.150. The molecular weight excluding hydrogens is 775 g/mol. The van der Waals surface area contributed by atoms with Crippen LogP contribution in [-0.4, -0.2) is 15.0 Å². The third-order valence-corrected chi connectivity index (χ3v) is 12.5. The Morgan fingerprint density at radius 1 is 0.188 bits per heavy atom. The fourth-order valence-corrected chi connectivity index (χ4v) is 9.41. The summed E-state index contributed by atoms with van der Waals surface area (Å²) in [6, 6.07) is 84.2. The Bertz CT molecular complexity index is 3620. The van der Waals surface area contributed by atoms with Gasteiger partial charge in [0.05, 0.1) is 0 Å². The van der Waals surface area contributed by atoms with Crippen LogP contribution in [0.4, 0.5) is 0 Å². The fraction of sp³-hybridized carbons (Fsp3) is 0. The van der Waals surface area contributed by atoms with E-state index in [1.54, 1.807) is 0 Å². The van der Waals surface area contributed by atoms with Gasteiger partial charge < -0.3 is 0 Å². The van der Waals surface area contributed by atoms with Gasteiger partial charge in [-0.3, -0.25) is 0 Å². The van der Waals surface area contributed by atoms with Crippen LogP contribution in [0.1, 0.15) is 0 Å². The second kappa shape index (κ2) is 15.7. The molecule has 12 rings (SSSR count). The zero-order chi connectivity index (χ0) is 42.4. The summed E-state index contributed by atoms with van der Waals surface area (Å²) >= 11 is 0. The van der Waals surface area contributed by atoms with Crippen molar-refractivity contribution in [3.63, 3.8) is 0 Å². The summed E-state index contributed by atoms with van der Waals surface area (Å²) in [6.45, 7) is 0. The Kier molecular flexibility index (Phi) is 9.16. The maximum atomic E-state index is 5.20. The molecule has 64 heavy (non-hydrogen) atoms. The first-order valence-corrected chi connectivity index (χ1v) is 21.8. The molecule has 0 fully saturated rings. The maximum absolute atomic E-state index is 5.20. The minimum absolute atomic E-state index is 0.618. The molecular formula is C61H39N3. The normalized spacial score (nSPS) is 11.4. The molecule has 0 saturated carbocycles. The monoisotopic (exact) mass is 813 g/mol. The van der Waals surface area contributed by atoms with E-state index in [-0.39, 0.29) is 0 Å². The summed E-state index contributed by atoms with van der Waals surface area (Å²) in [6.07, 6.45) is 0. The first kappa shape index (κ1) is 37.2. The first-order chi connectivity index (χ1) is 31.7. The van der Waals surface area contributed by atoms with Crippen LogP contribution in [0.5, 0.6) is 0 Å². The van der Waals surface area contributed by atoms with Gasteiger partial charge in [-0.2, -0.15) is 0 Å². The molecule has 3 nitrogen and oxygen atoms in total. The van der Waals surface area contributed by atoms with Gasteiger partial charge in [-0.05, 0) is 118 Å². The SMILES string of the molecule is c1ccc(-c2cccc(-c3nc(-c4cccc(-c5ccccc5)c4)nc(-c4cccc(-c5cccc(-c6cc7c8ccccc8c8ccccc8c7c7ccccc67)c5)c4)n3)c2)cc1. The highest BCUT2D eigenvalue weighted by Gasteiger charge is 2.17. The van der Waals surface area contributed by atoms with E-state index in [2.05, 4.69) is 224 Å². The van der Waals surface area contributed by atoms with Crippen molar-refractivity contribution in [3.8, 4) is 78.7 Å². The summed E-state index contributed by atoms with van der Waals surface area (Å²) in [5.41, 5.74) is 11.9.